The summed E-state index contributed by atoms with van der Waals surface area (Å²) in [4.78, 5) is 53.4. The summed E-state index contributed by atoms with van der Waals surface area (Å²) in [6, 6.07) is 19.7. The first-order valence-corrected chi connectivity index (χ1v) is 20.5. The Labute approximate surface area is 337 Å². The zero-order chi connectivity index (χ0) is 40.2. The predicted molar refractivity (Wildman–Crippen MR) is 220 cm³/mol. The number of hydrogen-bond acceptors (Lipinski definition) is 13. The van der Waals surface area contributed by atoms with Gasteiger partial charge in [0, 0.05) is 18.2 Å². The molecule has 0 N–H and O–H groups in total. The Balaban J connectivity index is 1.09. The van der Waals surface area contributed by atoms with Gasteiger partial charge in [0.25, 0.3) is 6.47 Å². The summed E-state index contributed by atoms with van der Waals surface area (Å²) in [7, 11) is 0. The second kappa shape index (κ2) is 22.9. The van der Waals surface area contributed by atoms with Gasteiger partial charge in [-0.05, 0) is 112 Å². The highest BCUT2D eigenvalue weighted by Gasteiger charge is 2.32. The van der Waals surface area contributed by atoms with Gasteiger partial charge in [-0.1, -0.05) is 56.2 Å². The van der Waals surface area contributed by atoms with Crippen molar-refractivity contribution < 1.29 is 42.9 Å². The molecule has 5 rings (SSSR count). The second-order valence-electron chi connectivity index (χ2n) is 13.8. The Kier molecular flexibility index (Phi) is 17.1. The molecule has 0 bridgehead atoms. The quantitative estimate of drug-likeness (QED) is 0.0135. The van der Waals surface area contributed by atoms with Crippen molar-refractivity contribution in [3.05, 3.63) is 84.9 Å². The number of esters is 3. The number of thiazole rings is 1. The normalized spacial score (nSPS) is 15.2. The number of rotatable bonds is 23. The van der Waals surface area contributed by atoms with Gasteiger partial charge in [0.05, 0.1) is 41.5 Å². The highest BCUT2D eigenvalue weighted by atomic mass is 32.1. The van der Waals surface area contributed by atoms with E-state index < -0.39 is 5.97 Å². The van der Waals surface area contributed by atoms with Crippen LogP contribution in [0.4, 0.5) is 5.13 Å². The van der Waals surface area contributed by atoms with E-state index in [1.54, 1.807) is 60.0 Å². The molecule has 0 radical (unpaired) electrons. The van der Waals surface area contributed by atoms with E-state index >= 15 is 0 Å². The van der Waals surface area contributed by atoms with Gasteiger partial charge in [0.2, 0.25) is 5.13 Å². The summed E-state index contributed by atoms with van der Waals surface area (Å²) in [5.74, 6) is -0.118. The SMILES string of the molecule is C=CC(=O)OCCCCCCOc1ccc(OC(=O)[C@H]2CC[C@H](C(=O)Oc3ccc(OC=O)c(/C=N/N(CCCCCC)c4nc5ccccc5s4)c3)CC2)cc1. The van der Waals surface area contributed by atoms with E-state index in [0.717, 1.165) is 72.8 Å². The molecule has 0 spiro atoms. The maximum atomic E-state index is 13.3. The number of nitrogens with zero attached hydrogens (tertiary/aromatic N) is 3. The maximum absolute atomic E-state index is 13.3. The summed E-state index contributed by atoms with van der Waals surface area (Å²) in [6.45, 7) is 7.50. The summed E-state index contributed by atoms with van der Waals surface area (Å²) < 4.78 is 28.5. The standard InChI is InChI=1S/C44H51N3O9S/c1-3-5-6-11-26-47(44-46-38-14-9-10-15-40(38)57-44)45-30-34-29-37(24-25-39(34)54-31-48)56-43(51)33-18-16-32(17-19-33)42(50)55-36-22-20-35(21-23-36)52-27-12-7-8-13-28-53-41(49)4-2/h4,9-10,14-15,20-25,29-33H,2-3,5-8,11-13,16-19,26-28H2,1H3/b45-30+/t32-,33-. The van der Waals surface area contributed by atoms with Crippen molar-refractivity contribution in [2.45, 2.75) is 84.0 Å². The molecular formula is C44H51N3O9S. The lowest BCUT2D eigenvalue weighted by molar-refractivity contribution is -0.145. The van der Waals surface area contributed by atoms with E-state index in [1.165, 1.54) is 0 Å². The Hall–Kier alpha value is -5.56. The largest absolute Gasteiger partial charge is 0.494 e. The van der Waals surface area contributed by atoms with Gasteiger partial charge in [0.1, 0.15) is 23.0 Å². The number of anilines is 1. The zero-order valence-corrected chi connectivity index (χ0v) is 33.3. The van der Waals surface area contributed by atoms with E-state index in [4.69, 9.17) is 33.8 Å². The average molecular weight is 798 g/mol. The molecule has 1 heterocycles. The van der Waals surface area contributed by atoms with Gasteiger partial charge < -0.3 is 23.7 Å². The van der Waals surface area contributed by atoms with Crippen molar-refractivity contribution in [1.29, 1.82) is 0 Å². The fourth-order valence-electron chi connectivity index (χ4n) is 6.39. The van der Waals surface area contributed by atoms with E-state index in [0.29, 0.717) is 74.7 Å². The molecule has 3 aromatic carbocycles. The molecule has 13 heteroatoms. The van der Waals surface area contributed by atoms with Gasteiger partial charge in [0.15, 0.2) is 0 Å². The summed E-state index contributed by atoms with van der Waals surface area (Å²) >= 11 is 1.55. The number of unbranched alkanes of at least 4 members (excludes halogenated alkanes) is 6. The molecule has 12 nitrogen and oxygen atoms in total. The molecule has 0 aliphatic heterocycles. The monoisotopic (exact) mass is 797 g/mol. The summed E-state index contributed by atoms with van der Waals surface area (Å²) in [5.41, 5.74) is 1.37. The Morgan fingerprint density at radius 3 is 2.16 bits per heavy atom. The summed E-state index contributed by atoms with van der Waals surface area (Å²) in [6.07, 6.45) is 12.5. The first-order chi connectivity index (χ1) is 27.9. The molecule has 1 aliphatic rings. The van der Waals surface area contributed by atoms with Crippen LogP contribution in [0, 0.1) is 11.8 Å². The fraction of sp³-hybridized carbons (Fsp3) is 0.409. The van der Waals surface area contributed by atoms with Crippen molar-refractivity contribution in [3.8, 4) is 23.0 Å². The third kappa shape index (κ3) is 13.6. The topological polar surface area (TPSA) is 143 Å². The van der Waals surface area contributed by atoms with E-state index in [1.807, 2.05) is 29.3 Å². The molecule has 0 atom stereocenters. The number of carbonyl (C=O) groups is 4. The van der Waals surface area contributed by atoms with Gasteiger partial charge in [-0.15, -0.1) is 0 Å². The minimum Gasteiger partial charge on any atom is -0.494 e. The molecule has 4 aromatic rings. The minimum absolute atomic E-state index is 0.277. The average Bonchev–Trinajstić information content (AvgIpc) is 3.67. The van der Waals surface area contributed by atoms with Crippen molar-refractivity contribution >= 4 is 57.3 Å². The molecule has 1 saturated carbocycles. The van der Waals surface area contributed by atoms with Crippen molar-refractivity contribution in [2.24, 2.45) is 16.9 Å². The molecule has 0 unspecified atom stereocenters. The molecule has 0 amide bonds. The number of para-hydroxylation sites is 1. The summed E-state index contributed by atoms with van der Waals surface area (Å²) in [5, 5.41) is 7.38. The smallest absolute Gasteiger partial charge is 0.330 e. The van der Waals surface area contributed by atoms with Crippen molar-refractivity contribution in [2.75, 3.05) is 24.8 Å². The number of fused-ring (bicyclic) bond motifs is 1. The minimum atomic E-state index is -0.402. The number of carbonyl (C=O) groups excluding carboxylic acids is 4. The number of benzene rings is 3. The lowest BCUT2D eigenvalue weighted by atomic mass is 9.82. The lowest BCUT2D eigenvalue weighted by Crippen LogP contribution is -2.30. The molecule has 1 aromatic heterocycles. The third-order valence-corrected chi connectivity index (χ3v) is 10.6. The van der Waals surface area contributed by atoms with Crippen LogP contribution in [0.15, 0.2) is 84.5 Å². The Bertz CT molecular complexity index is 1920. The van der Waals surface area contributed by atoms with Gasteiger partial charge in [-0.25, -0.2) is 14.8 Å². The zero-order valence-electron chi connectivity index (χ0n) is 32.5. The molecular weight excluding hydrogens is 747 g/mol. The molecule has 1 fully saturated rings. The first-order valence-electron chi connectivity index (χ1n) is 19.7. The molecule has 0 saturated heterocycles. The number of hydrazone groups is 1. The maximum Gasteiger partial charge on any atom is 0.330 e. The van der Waals surface area contributed by atoms with Crippen LogP contribution in [0.2, 0.25) is 0 Å². The van der Waals surface area contributed by atoms with Crippen LogP contribution in [0.5, 0.6) is 23.0 Å². The number of aromatic nitrogens is 1. The van der Waals surface area contributed by atoms with E-state index in [-0.39, 0.29) is 29.5 Å². The van der Waals surface area contributed by atoms with Crippen LogP contribution in [0.1, 0.15) is 89.5 Å². The number of ether oxygens (including phenoxy) is 5. The van der Waals surface area contributed by atoms with Crippen LogP contribution in [-0.2, 0) is 23.9 Å². The third-order valence-electron chi connectivity index (χ3n) is 9.59. The molecule has 57 heavy (non-hydrogen) atoms. The number of hydrogen-bond donors (Lipinski definition) is 0. The fourth-order valence-corrected chi connectivity index (χ4v) is 7.34. The molecule has 1 aliphatic carbocycles. The van der Waals surface area contributed by atoms with Gasteiger partial charge in [-0.2, -0.15) is 5.10 Å². The van der Waals surface area contributed by atoms with Crippen LogP contribution in [0.25, 0.3) is 10.2 Å². The first kappa shape index (κ1) is 42.6. The predicted octanol–water partition coefficient (Wildman–Crippen LogP) is 9.24. The Morgan fingerprint density at radius 2 is 1.47 bits per heavy atom. The van der Waals surface area contributed by atoms with E-state index in [9.17, 15) is 19.2 Å². The second-order valence-corrected chi connectivity index (χ2v) is 14.8. The Morgan fingerprint density at radius 1 is 0.825 bits per heavy atom. The lowest BCUT2D eigenvalue weighted by Gasteiger charge is -2.25. The van der Waals surface area contributed by atoms with Crippen LogP contribution in [-0.4, -0.2) is 55.3 Å². The van der Waals surface area contributed by atoms with E-state index in [2.05, 4.69) is 13.5 Å². The highest BCUT2D eigenvalue weighted by Crippen LogP contribution is 2.33. The molecule has 302 valence electrons. The van der Waals surface area contributed by atoms with Crippen molar-refractivity contribution in [1.82, 2.24) is 4.98 Å². The van der Waals surface area contributed by atoms with Gasteiger partial charge >= 0.3 is 17.9 Å². The van der Waals surface area contributed by atoms with Crippen LogP contribution < -0.4 is 24.0 Å². The van der Waals surface area contributed by atoms with Crippen LogP contribution in [0.3, 0.4) is 0 Å². The van der Waals surface area contributed by atoms with Crippen molar-refractivity contribution in [3.63, 3.8) is 0 Å². The highest BCUT2D eigenvalue weighted by molar-refractivity contribution is 7.22. The van der Waals surface area contributed by atoms with Crippen LogP contribution >= 0.6 is 11.3 Å². The van der Waals surface area contributed by atoms with Gasteiger partial charge in [-0.3, -0.25) is 14.4 Å².